The summed E-state index contributed by atoms with van der Waals surface area (Å²) in [5, 5.41) is 0. The normalized spacial score (nSPS) is 19.6. The maximum Gasteiger partial charge on any atom is 0.254 e. The van der Waals surface area contributed by atoms with Crippen molar-refractivity contribution < 1.29 is 14.2 Å². The summed E-state index contributed by atoms with van der Waals surface area (Å²) >= 11 is 0. The SMILES string of the molecule is Cc1cc(C#CC2CC2)ccc1C(C)n1c(C)cc(OCC2COCCO2)cc1=O. The van der Waals surface area contributed by atoms with Crippen molar-refractivity contribution in [3.8, 4) is 17.6 Å². The summed E-state index contributed by atoms with van der Waals surface area (Å²) in [4.78, 5) is 12.9. The van der Waals surface area contributed by atoms with Gasteiger partial charge in [0.05, 0.1) is 25.9 Å². The van der Waals surface area contributed by atoms with E-state index >= 15 is 0 Å². The van der Waals surface area contributed by atoms with Crippen molar-refractivity contribution in [3.63, 3.8) is 0 Å². The second-order valence-corrected chi connectivity index (χ2v) is 8.21. The molecule has 2 aliphatic rings. The molecular weight excluding hydrogens is 378 g/mol. The van der Waals surface area contributed by atoms with E-state index in [1.807, 2.05) is 17.6 Å². The van der Waals surface area contributed by atoms with Crippen molar-refractivity contribution in [2.45, 2.75) is 45.8 Å². The number of ether oxygens (including phenoxy) is 3. The van der Waals surface area contributed by atoms with Crippen LogP contribution in [-0.2, 0) is 9.47 Å². The van der Waals surface area contributed by atoms with Gasteiger partial charge in [0.2, 0.25) is 0 Å². The number of hydrogen-bond acceptors (Lipinski definition) is 4. The van der Waals surface area contributed by atoms with Crippen LogP contribution >= 0.6 is 0 Å². The molecule has 5 heteroatoms. The van der Waals surface area contributed by atoms with Crippen molar-refractivity contribution in [1.29, 1.82) is 0 Å². The first-order valence-electron chi connectivity index (χ1n) is 10.7. The van der Waals surface area contributed by atoms with Crippen LogP contribution in [0.15, 0.2) is 35.1 Å². The van der Waals surface area contributed by atoms with E-state index in [0.29, 0.717) is 38.1 Å². The molecule has 0 amide bonds. The van der Waals surface area contributed by atoms with Crippen molar-refractivity contribution in [1.82, 2.24) is 4.57 Å². The first kappa shape index (κ1) is 20.7. The molecule has 1 aliphatic heterocycles. The standard InChI is InChI=1S/C25H29NO4/c1-17-12-21(7-6-20-4-5-20)8-9-24(17)19(3)26-18(2)13-22(14-25(26)27)30-16-23-15-28-10-11-29-23/h8-9,12-14,19-20,23H,4-5,10-11,15-16H2,1-3H3. The van der Waals surface area contributed by atoms with Crippen LogP contribution in [0.3, 0.4) is 0 Å². The van der Waals surface area contributed by atoms with Gasteiger partial charge in [0.1, 0.15) is 18.5 Å². The van der Waals surface area contributed by atoms with Crippen LogP contribution in [0.5, 0.6) is 5.75 Å². The minimum Gasteiger partial charge on any atom is -0.491 e. The van der Waals surface area contributed by atoms with Gasteiger partial charge in [-0.25, -0.2) is 0 Å². The third-order valence-corrected chi connectivity index (χ3v) is 5.66. The van der Waals surface area contributed by atoms with Crippen molar-refractivity contribution in [3.05, 3.63) is 63.1 Å². The van der Waals surface area contributed by atoms with Gasteiger partial charge in [0, 0.05) is 23.2 Å². The molecule has 1 aliphatic carbocycles. The van der Waals surface area contributed by atoms with Crippen LogP contribution in [0.25, 0.3) is 0 Å². The van der Waals surface area contributed by atoms with Crippen LogP contribution in [0.4, 0.5) is 0 Å². The lowest BCUT2D eigenvalue weighted by molar-refractivity contribution is -0.101. The van der Waals surface area contributed by atoms with Crippen molar-refractivity contribution >= 4 is 0 Å². The second kappa shape index (κ2) is 9.07. The van der Waals surface area contributed by atoms with Crippen LogP contribution < -0.4 is 10.3 Å². The average Bonchev–Trinajstić information content (AvgIpc) is 3.55. The predicted molar refractivity (Wildman–Crippen MR) is 116 cm³/mol. The van der Waals surface area contributed by atoms with E-state index in [0.717, 1.165) is 22.4 Å². The first-order valence-corrected chi connectivity index (χ1v) is 10.7. The summed E-state index contributed by atoms with van der Waals surface area (Å²) in [7, 11) is 0. The number of hydrogen-bond donors (Lipinski definition) is 0. The minimum atomic E-state index is -0.0930. The summed E-state index contributed by atoms with van der Waals surface area (Å²) in [5.41, 5.74) is 4.10. The van der Waals surface area contributed by atoms with Gasteiger partial charge in [-0.3, -0.25) is 4.79 Å². The minimum absolute atomic E-state index is 0.0738. The Kier molecular flexibility index (Phi) is 6.26. The van der Waals surface area contributed by atoms with Crippen LogP contribution in [0.2, 0.25) is 0 Å². The molecule has 1 saturated heterocycles. The highest BCUT2D eigenvalue weighted by molar-refractivity contribution is 5.42. The van der Waals surface area contributed by atoms with Gasteiger partial charge in [-0.2, -0.15) is 0 Å². The summed E-state index contributed by atoms with van der Waals surface area (Å²) in [6.07, 6.45) is 2.36. The Morgan fingerprint density at radius 3 is 2.70 bits per heavy atom. The van der Waals surface area contributed by atoms with Gasteiger partial charge < -0.3 is 18.8 Å². The molecule has 2 unspecified atom stereocenters. The molecule has 2 fully saturated rings. The molecule has 0 bridgehead atoms. The zero-order valence-electron chi connectivity index (χ0n) is 17.9. The highest BCUT2D eigenvalue weighted by atomic mass is 16.6. The monoisotopic (exact) mass is 407 g/mol. The number of benzene rings is 1. The predicted octanol–water partition coefficient (Wildman–Crippen LogP) is 3.63. The van der Waals surface area contributed by atoms with E-state index in [4.69, 9.17) is 14.2 Å². The molecule has 4 rings (SSSR count). The number of pyridine rings is 1. The molecule has 30 heavy (non-hydrogen) atoms. The van der Waals surface area contributed by atoms with E-state index in [-0.39, 0.29) is 17.7 Å². The van der Waals surface area contributed by atoms with E-state index < -0.39 is 0 Å². The Balaban J connectivity index is 1.50. The Labute approximate surface area is 178 Å². The summed E-state index contributed by atoms with van der Waals surface area (Å²) in [5.74, 6) is 7.73. The lowest BCUT2D eigenvalue weighted by Gasteiger charge is -2.24. The molecule has 0 N–H and O–H groups in total. The lowest BCUT2D eigenvalue weighted by Crippen LogP contribution is -2.33. The number of rotatable bonds is 5. The fraction of sp³-hybridized carbons (Fsp3) is 0.480. The largest absolute Gasteiger partial charge is 0.491 e. The molecule has 1 aromatic heterocycles. The molecule has 1 aromatic carbocycles. The quantitative estimate of drug-likeness (QED) is 0.711. The number of aryl methyl sites for hydroxylation is 2. The van der Waals surface area contributed by atoms with Crippen LogP contribution in [0, 0.1) is 31.6 Å². The molecule has 2 aromatic rings. The molecule has 0 radical (unpaired) electrons. The molecule has 2 heterocycles. The summed E-state index contributed by atoms with van der Waals surface area (Å²) in [6, 6.07) is 9.65. The smallest absolute Gasteiger partial charge is 0.254 e. The van der Waals surface area contributed by atoms with Crippen LogP contribution in [-0.4, -0.2) is 37.1 Å². The highest BCUT2D eigenvalue weighted by Gasteiger charge is 2.19. The van der Waals surface area contributed by atoms with Gasteiger partial charge in [-0.05, 0) is 62.9 Å². The van der Waals surface area contributed by atoms with Gasteiger partial charge >= 0.3 is 0 Å². The van der Waals surface area contributed by atoms with Crippen molar-refractivity contribution in [2.75, 3.05) is 26.4 Å². The third kappa shape index (κ3) is 4.95. The fourth-order valence-corrected chi connectivity index (χ4v) is 3.86. The van der Waals surface area contributed by atoms with E-state index in [9.17, 15) is 4.79 Å². The van der Waals surface area contributed by atoms with Crippen LogP contribution in [0.1, 0.15) is 48.2 Å². The average molecular weight is 408 g/mol. The zero-order chi connectivity index (χ0) is 21.1. The second-order valence-electron chi connectivity index (χ2n) is 8.21. The molecule has 5 nitrogen and oxygen atoms in total. The lowest BCUT2D eigenvalue weighted by atomic mass is 9.99. The zero-order valence-corrected chi connectivity index (χ0v) is 17.9. The summed E-state index contributed by atoms with van der Waals surface area (Å²) < 4.78 is 18.6. The van der Waals surface area contributed by atoms with Crippen molar-refractivity contribution in [2.24, 2.45) is 5.92 Å². The molecule has 2 atom stereocenters. The highest BCUT2D eigenvalue weighted by Crippen LogP contribution is 2.28. The van der Waals surface area contributed by atoms with Gasteiger partial charge in [-0.1, -0.05) is 17.9 Å². The van der Waals surface area contributed by atoms with Gasteiger partial charge in [0.15, 0.2) is 0 Å². The Hall–Kier alpha value is -2.55. The third-order valence-electron chi connectivity index (χ3n) is 5.66. The van der Waals surface area contributed by atoms with E-state index in [1.165, 1.54) is 12.8 Å². The molecule has 158 valence electrons. The Morgan fingerprint density at radius 1 is 1.20 bits per heavy atom. The fourth-order valence-electron chi connectivity index (χ4n) is 3.86. The topological polar surface area (TPSA) is 49.7 Å². The Morgan fingerprint density at radius 2 is 2.03 bits per heavy atom. The Bertz CT molecular complexity index is 1020. The van der Waals surface area contributed by atoms with E-state index in [2.05, 4.69) is 43.9 Å². The molecular formula is C25H29NO4. The van der Waals surface area contributed by atoms with Gasteiger partial charge in [0.25, 0.3) is 5.56 Å². The number of nitrogens with zero attached hydrogens (tertiary/aromatic N) is 1. The summed E-state index contributed by atoms with van der Waals surface area (Å²) in [6.45, 7) is 8.18. The number of aromatic nitrogens is 1. The maximum absolute atomic E-state index is 12.9. The van der Waals surface area contributed by atoms with E-state index in [1.54, 1.807) is 6.07 Å². The molecule has 1 saturated carbocycles. The maximum atomic E-state index is 12.9. The first-order chi connectivity index (χ1) is 14.5. The molecule has 0 spiro atoms. The van der Waals surface area contributed by atoms with Gasteiger partial charge in [-0.15, -0.1) is 0 Å².